The smallest absolute Gasteiger partial charge is 0.338 e. The molecule has 160 valence electrons. The summed E-state index contributed by atoms with van der Waals surface area (Å²) in [6.07, 6.45) is -4.62. The molecule has 0 radical (unpaired) electrons. The van der Waals surface area contributed by atoms with E-state index in [1.165, 1.54) is 11.8 Å². The fourth-order valence-electron chi connectivity index (χ4n) is 3.13. The molecule has 3 rings (SSSR count). The van der Waals surface area contributed by atoms with Gasteiger partial charge in [-0.1, -0.05) is 43.3 Å². The van der Waals surface area contributed by atoms with E-state index < -0.39 is 48.4 Å². The third-order valence-corrected chi connectivity index (χ3v) is 5.68. The minimum atomic E-state index is -1.37. The van der Waals surface area contributed by atoms with Crippen LogP contribution in [-0.4, -0.2) is 64.4 Å². The van der Waals surface area contributed by atoms with Crippen LogP contribution in [0, 0.1) is 0 Å². The van der Waals surface area contributed by atoms with E-state index in [-0.39, 0.29) is 0 Å². The number of thioether (sulfide) groups is 1. The van der Waals surface area contributed by atoms with Crippen molar-refractivity contribution in [3.8, 4) is 0 Å². The van der Waals surface area contributed by atoms with Crippen LogP contribution in [0.2, 0.25) is 0 Å². The molecule has 0 amide bonds. The number of carbonyl (C=O) groups is 2. The number of aliphatic hydroxyl groups is 2. The van der Waals surface area contributed by atoms with Gasteiger partial charge >= 0.3 is 11.9 Å². The molecule has 30 heavy (non-hydrogen) atoms. The van der Waals surface area contributed by atoms with Crippen molar-refractivity contribution in [3.63, 3.8) is 0 Å². The Morgan fingerprint density at radius 3 is 1.90 bits per heavy atom. The third kappa shape index (κ3) is 5.20. The van der Waals surface area contributed by atoms with Gasteiger partial charge < -0.3 is 24.4 Å². The summed E-state index contributed by atoms with van der Waals surface area (Å²) in [4.78, 5) is 25.3. The minimum absolute atomic E-state index is 0.296. The first-order valence-electron chi connectivity index (χ1n) is 9.63. The van der Waals surface area contributed by atoms with Crippen LogP contribution in [0.5, 0.6) is 0 Å². The highest BCUT2D eigenvalue weighted by atomic mass is 32.2. The molecule has 7 nitrogen and oxygen atoms in total. The van der Waals surface area contributed by atoms with Crippen LogP contribution in [-0.2, 0) is 14.2 Å². The van der Waals surface area contributed by atoms with E-state index in [0.29, 0.717) is 16.9 Å². The Morgan fingerprint density at radius 2 is 1.43 bits per heavy atom. The Morgan fingerprint density at radius 1 is 0.933 bits per heavy atom. The maximum atomic E-state index is 12.7. The average Bonchev–Trinajstić information content (AvgIpc) is 2.78. The molecule has 2 aromatic carbocycles. The molecule has 1 heterocycles. The zero-order valence-electron chi connectivity index (χ0n) is 16.4. The van der Waals surface area contributed by atoms with Crippen LogP contribution in [0.1, 0.15) is 27.6 Å². The molecule has 0 spiro atoms. The van der Waals surface area contributed by atoms with Gasteiger partial charge in [0.2, 0.25) is 0 Å². The molecule has 0 bridgehead atoms. The highest BCUT2D eigenvalue weighted by Crippen LogP contribution is 2.33. The molecule has 2 aromatic rings. The number of esters is 2. The van der Waals surface area contributed by atoms with Crippen LogP contribution in [0.25, 0.3) is 0 Å². The van der Waals surface area contributed by atoms with E-state index in [4.69, 9.17) is 14.2 Å². The minimum Gasteiger partial charge on any atom is -0.452 e. The van der Waals surface area contributed by atoms with Gasteiger partial charge in [0.05, 0.1) is 17.7 Å². The Balaban J connectivity index is 1.87. The number of benzene rings is 2. The van der Waals surface area contributed by atoms with Crippen LogP contribution in [0.15, 0.2) is 60.7 Å². The van der Waals surface area contributed by atoms with E-state index in [1.807, 2.05) is 6.92 Å². The number of hydrogen-bond acceptors (Lipinski definition) is 8. The van der Waals surface area contributed by atoms with Crippen molar-refractivity contribution < 1.29 is 34.0 Å². The van der Waals surface area contributed by atoms with E-state index in [2.05, 4.69) is 0 Å². The monoisotopic (exact) mass is 432 g/mol. The molecule has 8 heteroatoms. The number of carbonyl (C=O) groups excluding carboxylic acids is 2. The lowest BCUT2D eigenvalue weighted by molar-refractivity contribution is -0.206. The molecule has 1 aliphatic rings. The zero-order valence-corrected chi connectivity index (χ0v) is 17.2. The first kappa shape index (κ1) is 22.3. The second-order valence-electron chi connectivity index (χ2n) is 6.64. The SMILES string of the molecule is CCS[C@@H]1O[C@H](CO)[C@H](O)[C@H](OC(=O)c2ccccc2)[C@H]1OC(=O)c1ccccc1. The van der Waals surface area contributed by atoms with Gasteiger partial charge in [0.1, 0.15) is 17.6 Å². The molecular weight excluding hydrogens is 408 g/mol. The lowest BCUT2D eigenvalue weighted by atomic mass is 9.99. The van der Waals surface area contributed by atoms with Crippen molar-refractivity contribution in [2.75, 3.05) is 12.4 Å². The van der Waals surface area contributed by atoms with E-state index >= 15 is 0 Å². The first-order chi connectivity index (χ1) is 14.5. The summed E-state index contributed by atoms with van der Waals surface area (Å²) < 4.78 is 17.0. The van der Waals surface area contributed by atoms with Crippen LogP contribution < -0.4 is 0 Å². The van der Waals surface area contributed by atoms with Crippen molar-refractivity contribution >= 4 is 23.7 Å². The van der Waals surface area contributed by atoms with Gasteiger partial charge in [0, 0.05) is 0 Å². The van der Waals surface area contributed by atoms with Gasteiger partial charge in [0.15, 0.2) is 12.2 Å². The second kappa shape index (κ2) is 10.6. The van der Waals surface area contributed by atoms with E-state index in [0.717, 1.165) is 0 Å². The molecule has 0 unspecified atom stereocenters. The van der Waals surface area contributed by atoms with Gasteiger partial charge in [-0.25, -0.2) is 9.59 Å². The molecule has 1 fully saturated rings. The second-order valence-corrected chi connectivity index (χ2v) is 8.02. The topological polar surface area (TPSA) is 102 Å². The highest BCUT2D eigenvalue weighted by Gasteiger charge is 2.49. The van der Waals surface area contributed by atoms with Crippen molar-refractivity contribution in [3.05, 3.63) is 71.8 Å². The van der Waals surface area contributed by atoms with Gasteiger partial charge in [-0.2, -0.15) is 0 Å². The Bertz CT molecular complexity index is 776. The van der Waals surface area contributed by atoms with Gasteiger partial charge in [0.25, 0.3) is 0 Å². The fraction of sp³-hybridized carbons (Fsp3) is 0.364. The van der Waals surface area contributed by atoms with Crippen molar-refractivity contribution in [1.29, 1.82) is 0 Å². The standard InChI is InChI=1S/C22H24O7S/c1-2-30-22-19(29-21(26)15-11-7-4-8-12-15)18(17(24)16(13-23)27-22)28-20(25)14-9-5-3-6-10-14/h3-12,16-19,22-24H,2,13H2,1H3/t16-,17+,18+,19-,22+/m1/s1. The summed E-state index contributed by atoms with van der Waals surface area (Å²) in [6, 6.07) is 16.7. The maximum absolute atomic E-state index is 12.7. The third-order valence-electron chi connectivity index (χ3n) is 4.63. The Labute approximate surface area is 179 Å². The largest absolute Gasteiger partial charge is 0.452 e. The van der Waals surface area contributed by atoms with Crippen molar-refractivity contribution in [2.45, 2.75) is 36.8 Å². The molecule has 0 aliphatic carbocycles. The van der Waals surface area contributed by atoms with Gasteiger partial charge in [-0.05, 0) is 30.0 Å². The van der Waals surface area contributed by atoms with Crippen LogP contribution in [0.3, 0.4) is 0 Å². The summed E-state index contributed by atoms with van der Waals surface area (Å²) >= 11 is 1.33. The molecular formula is C22H24O7S. The molecule has 2 N–H and O–H groups in total. The molecule has 1 aliphatic heterocycles. The number of hydrogen-bond donors (Lipinski definition) is 2. The van der Waals surface area contributed by atoms with Gasteiger partial charge in [-0.15, -0.1) is 11.8 Å². The molecule has 0 saturated carbocycles. The van der Waals surface area contributed by atoms with Crippen LogP contribution in [0.4, 0.5) is 0 Å². The first-order valence-corrected chi connectivity index (χ1v) is 10.7. The Kier molecular flexibility index (Phi) is 7.87. The lowest BCUT2D eigenvalue weighted by Gasteiger charge is -2.42. The van der Waals surface area contributed by atoms with Crippen molar-refractivity contribution in [2.24, 2.45) is 0 Å². The summed E-state index contributed by atoms with van der Waals surface area (Å²) in [5, 5.41) is 20.3. The summed E-state index contributed by atoms with van der Waals surface area (Å²) in [5.74, 6) is -0.668. The number of aliphatic hydroxyl groups excluding tert-OH is 2. The Hall–Kier alpha value is -2.39. The van der Waals surface area contributed by atoms with Crippen LogP contribution >= 0.6 is 11.8 Å². The summed E-state index contributed by atoms with van der Waals surface area (Å²) in [6.45, 7) is 1.43. The number of rotatable bonds is 7. The lowest BCUT2D eigenvalue weighted by Crippen LogP contribution is -2.60. The molecule has 1 saturated heterocycles. The number of ether oxygens (including phenoxy) is 3. The zero-order chi connectivity index (χ0) is 21.5. The summed E-state index contributed by atoms with van der Waals surface area (Å²) in [7, 11) is 0. The quantitative estimate of drug-likeness (QED) is 0.643. The average molecular weight is 432 g/mol. The summed E-state index contributed by atoms with van der Waals surface area (Å²) in [5.41, 5.74) is -0.106. The predicted molar refractivity (Wildman–Crippen MR) is 111 cm³/mol. The van der Waals surface area contributed by atoms with Crippen molar-refractivity contribution in [1.82, 2.24) is 0 Å². The van der Waals surface area contributed by atoms with E-state index in [1.54, 1.807) is 60.7 Å². The normalized spacial score (nSPS) is 26.0. The maximum Gasteiger partial charge on any atom is 0.338 e. The fourth-order valence-corrected chi connectivity index (χ4v) is 4.08. The van der Waals surface area contributed by atoms with E-state index in [9.17, 15) is 19.8 Å². The van der Waals surface area contributed by atoms with Gasteiger partial charge in [-0.3, -0.25) is 0 Å². The highest BCUT2D eigenvalue weighted by molar-refractivity contribution is 7.99. The molecule has 0 aromatic heterocycles. The molecule has 5 atom stereocenters. The predicted octanol–water partition coefficient (Wildman–Crippen LogP) is 2.27.